The van der Waals surface area contributed by atoms with Crippen LogP contribution < -0.4 is 0 Å². The summed E-state index contributed by atoms with van der Waals surface area (Å²) in [6, 6.07) is 0.304. The number of aliphatic hydroxyl groups excluding tert-OH is 1. The Balaban J connectivity index is 2.11. The first-order chi connectivity index (χ1) is 9.10. The van der Waals surface area contributed by atoms with Crippen LogP contribution in [0.1, 0.15) is 60.8 Å². The molecular weight excluding hydrogens is 250 g/mol. The molecule has 2 aliphatic rings. The van der Waals surface area contributed by atoms with Crippen molar-refractivity contribution in [3.8, 4) is 0 Å². The molecule has 0 aromatic carbocycles. The van der Waals surface area contributed by atoms with Gasteiger partial charge in [-0.2, -0.15) is 0 Å². The predicted octanol–water partition coefficient (Wildman–Crippen LogP) is 3.06. The number of morpholine rings is 1. The fraction of sp³-hybridized carbons (Fsp3) is 1.00. The Bertz CT molecular complexity index is 322. The first-order valence-corrected chi connectivity index (χ1v) is 8.22. The van der Waals surface area contributed by atoms with E-state index in [1.54, 1.807) is 0 Å². The summed E-state index contributed by atoms with van der Waals surface area (Å²) < 4.78 is 6.17. The molecule has 1 heterocycles. The number of ether oxygens (including phenoxy) is 1. The van der Waals surface area contributed by atoms with Crippen LogP contribution in [0.3, 0.4) is 0 Å². The van der Waals surface area contributed by atoms with E-state index < -0.39 is 0 Å². The average molecular weight is 283 g/mol. The molecule has 1 aliphatic carbocycles. The molecule has 3 atom stereocenters. The summed E-state index contributed by atoms with van der Waals surface area (Å²) in [5.41, 5.74) is -0.265. The van der Waals surface area contributed by atoms with E-state index in [1.165, 1.54) is 6.42 Å². The first kappa shape index (κ1) is 16.3. The highest BCUT2D eigenvalue weighted by molar-refractivity contribution is 4.96. The van der Waals surface area contributed by atoms with Gasteiger partial charge in [-0.05, 0) is 58.8 Å². The van der Waals surface area contributed by atoms with Crippen LogP contribution in [-0.4, -0.2) is 46.4 Å². The van der Waals surface area contributed by atoms with Crippen molar-refractivity contribution in [2.75, 3.05) is 13.1 Å². The highest BCUT2D eigenvalue weighted by atomic mass is 16.5. The second-order valence-corrected chi connectivity index (χ2v) is 8.48. The Labute approximate surface area is 124 Å². The van der Waals surface area contributed by atoms with Gasteiger partial charge in [-0.1, -0.05) is 13.8 Å². The van der Waals surface area contributed by atoms with Crippen LogP contribution in [0.25, 0.3) is 0 Å². The molecular formula is C17H33NO2. The van der Waals surface area contributed by atoms with Crippen molar-refractivity contribution in [2.45, 2.75) is 84.2 Å². The van der Waals surface area contributed by atoms with Gasteiger partial charge in [0.1, 0.15) is 0 Å². The molecule has 0 radical (unpaired) electrons. The van der Waals surface area contributed by atoms with Crippen LogP contribution in [0.4, 0.5) is 0 Å². The van der Waals surface area contributed by atoms with Crippen molar-refractivity contribution >= 4 is 0 Å². The predicted molar refractivity (Wildman–Crippen MR) is 82.8 cm³/mol. The third-order valence-electron chi connectivity index (χ3n) is 4.95. The number of hydrogen-bond acceptors (Lipinski definition) is 3. The molecule has 0 amide bonds. The van der Waals surface area contributed by atoms with Gasteiger partial charge in [0.25, 0.3) is 0 Å². The minimum Gasteiger partial charge on any atom is -0.391 e. The van der Waals surface area contributed by atoms with E-state index in [-0.39, 0.29) is 17.3 Å². The zero-order valence-electron chi connectivity index (χ0n) is 14.1. The Morgan fingerprint density at radius 1 is 1.05 bits per heavy atom. The van der Waals surface area contributed by atoms with Gasteiger partial charge in [0.2, 0.25) is 0 Å². The minimum absolute atomic E-state index is 0.133. The van der Waals surface area contributed by atoms with E-state index in [1.807, 2.05) is 0 Å². The van der Waals surface area contributed by atoms with Gasteiger partial charge in [-0.25, -0.2) is 0 Å². The van der Waals surface area contributed by atoms with Gasteiger partial charge in [-0.3, -0.25) is 4.90 Å². The summed E-state index contributed by atoms with van der Waals surface area (Å²) in [6.45, 7) is 15.1. The number of nitrogens with zero attached hydrogens (tertiary/aromatic N) is 1. The monoisotopic (exact) mass is 283 g/mol. The lowest BCUT2D eigenvalue weighted by molar-refractivity contribution is -0.197. The van der Waals surface area contributed by atoms with Crippen molar-refractivity contribution < 1.29 is 9.84 Å². The van der Waals surface area contributed by atoms with Crippen molar-refractivity contribution in [1.29, 1.82) is 0 Å². The number of rotatable bonds is 2. The molecule has 1 saturated carbocycles. The van der Waals surface area contributed by atoms with E-state index in [0.717, 1.165) is 31.8 Å². The van der Waals surface area contributed by atoms with E-state index in [9.17, 15) is 5.11 Å². The summed E-state index contributed by atoms with van der Waals surface area (Å²) in [6.07, 6.45) is 3.08. The van der Waals surface area contributed by atoms with E-state index in [0.29, 0.717) is 12.0 Å². The summed E-state index contributed by atoms with van der Waals surface area (Å²) in [5.74, 6) is 1.46. The first-order valence-electron chi connectivity index (χ1n) is 8.22. The molecule has 1 N–H and O–H groups in total. The second kappa shape index (κ2) is 5.58. The van der Waals surface area contributed by atoms with Gasteiger partial charge < -0.3 is 9.84 Å². The molecule has 1 saturated heterocycles. The zero-order valence-corrected chi connectivity index (χ0v) is 14.1. The van der Waals surface area contributed by atoms with E-state index >= 15 is 0 Å². The lowest BCUT2D eigenvalue weighted by atomic mass is 9.76. The largest absolute Gasteiger partial charge is 0.391 e. The van der Waals surface area contributed by atoms with E-state index in [4.69, 9.17) is 4.74 Å². The molecule has 0 bridgehead atoms. The molecule has 2 rings (SSSR count). The summed E-state index contributed by atoms with van der Waals surface area (Å²) >= 11 is 0. The van der Waals surface area contributed by atoms with Crippen LogP contribution >= 0.6 is 0 Å². The van der Waals surface area contributed by atoms with Crippen molar-refractivity contribution in [3.05, 3.63) is 0 Å². The summed E-state index contributed by atoms with van der Waals surface area (Å²) in [4.78, 5) is 2.49. The molecule has 3 nitrogen and oxygen atoms in total. The Hall–Kier alpha value is -0.120. The van der Waals surface area contributed by atoms with Crippen LogP contribution in [0.5, 0.6) is 0 Å². The molecule has 0 spiro atoms. The third kappa shape index (κ3) is 3.75. The highest BCUT2D eigenvalue weighted by Gasteiger charge is 2.43. The Morgan fingerprint density at radius 3 is 2.10 bits per heavy atom. The van der Waals surface area contributed by atoms with Crippen LogP contribution in [0.15, 0.2) is 0 Å². The lowest BCUT2D eigenvalue weighted by Gasteiger charge is -2.52. The maximum atomic E-state index is 10.5. The fourth-order valence-electron chi connectivity index (χ4n) is 4.24. The van der Waals surface area contributed by atoms with Gasteiger partial charge in [0, 0.05) is 19.1 Å². The molecule has 3 heteroatoms. The third-order valence-corrected chi connectivity index (χ3v) is 4.95. The second-order valence-electron chi connectivity index (χ2n) is 8.48. The number of aliphatic hydroxyl groups is 1. The maximum Gasteiger partial charge on any atom is 0.0760 e. The average Bonchev–Trinajstić information content (AvgIpc) is 2.24. The van der Waals surface area contributed by atoms with Gasteiger partial charge in [0.15, 0.2) is 0 Å². The standard InChI is InChI=1S/C17H33NO2/c1-12(2)13-7-8-15(19)14(9-13)18-10-16(3,4)20-17(5,6)11-18/h12-15,19H,7-11H2,1-6H3. The lowest BCUT2D eigenvalue weighted by Crippen LogP contribution is -2.62. The van der Waals surface area contributed by atoms with Crippen LogP contribution in [0.2, 0.25) is 0 Å². The highest BCUT2D eigenvalue weighted by Crippen LogP contribution is 2.37. The Morgan fingerprint density at radius 2 is 1.60 bits per heavy atom. The van der Waals surface area contributed by atoms with Crippen molar-refractivity contribution in [3.63, 3.8) is 0 Å². The maximum absolute atomic E-state index is 10.5. The fourth-order valence-corrected chi connectivity index (χ4v) is 4.24. The Kier molecular flexibility index (Phi) is 4.54. The molecule has 0 aromatic heterocycles. The molecule has 118 valence electrons. The zero-order chi connectivity index (χ0) is 15.1. The SMILES string of the molecule is CC(C)C1CCC(O)C(N2CC(C)(C)OC(C)(C)C2)C1. The summed E-state index contributed by atoms with van der Waals surface area (Å²) in [5, 5.41) is 10.5. The van der Waals surface area contributed by atoms with Gasteiger partial charge in [-0.15, -0.1) is 0 Å². The van der Waals surface area contributed by atoms with Gasteiger partial charge >= 0.3 is 0 Å². The normalized spacial score (nSPS) is 38.1. The molecule has 2 fully saturated rings. The number of hydrogen-bond donors (Lipinski definition) is 1. The molecule has 20 heavy (non-hydrogen) atoms. The minimum atomic E-state index is -0.172. The molecule has 1 aliphatic heterocycles. The summed E-state index contributed by atoms with van der Waals surface area (Å²) in [7, 11) is 0. The van der Waals surface area contributed by atoms with Crippen LogP contribution in [0, 0.1) is 11.8 Å². The van der Waals surface area contributed by atoms with E-state index in [2.05, 4.69) is 46.4 Å². The van der Waals surface area contributed by atoms with Crippen molar-refractivity contribution in [2.24, 2.45) is 11.8 Å². The smallest absolute Gasteiger partial charge is 0.0760 e. The molecule has 0 aromatic rings. The topological polar surface area (TPSA) is 32.7 Å². The van der Waals surface area contributed by atoms with Crippen molar-refractivity contribution in [1.82, 2.24) is 4.90 Å². The quantitative estimate of drug-likeness (QED) is 0.845. The van der Waals surface area contributed by atoms with Crippen LogP contribution in [-0.2, 0) is 4.74 Å². The van der Waals surface area contributed by atoms with Gasteiger partial charge in [0.05, 0.1) is 17.3 Å². The molecule has 3 unspecified atom stereocenters.